The molecule has 0 spiro atoms. The highest BCUT2D eigenvalue weighted by Gasteiger charge is 2.27. The number of benzene rings is 2. The minimum atomic E-state index is 0.235. The number of nitrogens with two attached hydrogens (primary N) is 1. The van der Waals surface area contributed by atoms with E-state index >= 15 is 0 Å². The Labute approximate surface area is 125 Å². The lowest BCUT2D eigenvalue weighted by Gasteiger charge is -2.15. The van der Waals surface area contributed by atoms with Crippen LogP contribution in [0.1, 0.15) is 36.6 Å². The summed E-state index contributed by atoms with van der Waals surface area (Å²) in [7, 11) is 0. The van der Waals surface area contributed by atoms with Crippen molar-refractivity contribution in [3.05, 3.63) is 59.7 Å². The largest absolute Gasteiger partial charge is 0.494 e. The summed E-state index contributed by atoms with van der Waals surface area (Å²) < 4.78 is 5.72. The van der Waals surface area contributed by atoms with Gasteiger partial charge in [0.25, 0.3) is 0 Å². The average Bonchev–Trinajstić information content (AvgIpc) is 2.98. The molecule has 4 N–H and O–H groups in total. The number of hydrogen-bond donors (Lipinski definition) is 3. The van der Waals surface area contributed by atoms with Crippen molar-refractivity contribution in [3.8, 4) is 5.75 Å². The van der Waals surface area contributed by atoms with Gasteiger partial charge in [0.2, 0.25) is 0 Å². The predicted octanol–water partition coefficient (Wildman–Crippen LogP) is 2.95. The molecule has 0 bridgehead atoms. The molecule has 2 unspecified atom stereocenters. The van der Waals surface area contributed by atoms with Crippen LogP contribution in [0, 0.1) is 0 Å². The molecule has 3 rings (SSSR count). The first kappa shape index (κ1) is 13.9. The van der Waals surface area contributed by atoms with E-state index in [0.717, 1.165) is 17.9 Å². The molecule has 2 aromatic carbocycles. The zero-order valence-electron chi connectivity index (χ0n) is 12.2. The van der Waals surface area contributed by atoms with Crippen LogP contribution in [0.4, 0.5) is 5.69 Å². The van der Waals surface area contributed by atoms with Crippen LogP contribution in [-0.2, 0) is 0 Å². The van der Waals surface area contributed by atoms with Crippen molar-refractivity contribution >= 4 is 5.69 Å². The Hall–Kier alpha value is -2.04. The molecule has 0 saturated carbocycles. The third-order valence-electron chi connectivity index (χ3n) is 3.81. The normalized spacial score (nSPS) is 21.4. The van der Waals surface area contributed by atoms with Gasteiger partial charge < -0.3 is 10.5 Å². The number of rotatable bonds is 4. The maximum absolute atomic E-state index is 5.87. The molecule has 1 aliphatic rings. The fourth-order valence-corrected chi connectivity index (χ4v) is 2.81. The van der Waals surface area contributed by atoms with Crippen molar-refractivity contribution in [1.29, 1.82) is 0 Å². The lowest BCUT2D eigenvalue weighted by atomic mass is 9.97. The predicted molar refractivity (Wildman–Crippen MR) is 84.8 cm³/mol. The Morgan fingerprint density at radius 2 is 1.90 bits per heavy atom. The monoisotopic (exact) mass is 283 g/mol. The Bertz CT molecular complexity index is 614. The molecular weight excluding hydrogens is 262 g/mol. The fourth-order valence-electron chi connectivity index (χ4n) is 2.81. The van der Waals surface area contributed by atoms with E-state index < -0.39 is 0 Å². The highest BCUT2D eigenvalue weighted by atomic mass is 16.5. The number of anilines is 1. The molecule has 0 aromatic heterocycles. The topological polar surface area (TPSA) is 59.3 Å². The van der Waals surface area contributed by atoms with Gasteiger partial charge in [-0.1, -0.05) is 30.3 Å². The number of nitrogens with one attached hydrogen (secondary N) is 2. The molecule has 4 heteroatoms. The molecule has 2 aromatic rings. The first-order valence-electron chi connectivity index (χ1n) is 7.36. The number of para-hydroxylation sites is 1. The van der Waals surface area contributed by atoms with E-state index in [9.17, 15) is 0 Å². The number of hydrogen-bond acceptors (Lipinski definition) is 4. The third-order valence-corrected chi connectivity index (χ3v) is 3.81. The highest BCUT2D eigenvalue weighted by Crippen LogP contribution is 2.35. The molecule has 0 amide bonds. The van der Waals surface area contributed by atoms with E-state index in [1.165, 1.54) is 11.1 Å². The summed E-state index contributed by atoms with van der Waals surface area (Å²) in [6.07, 6.45) is 0.966. The van der Waals surface area contributed by atoms with E-state index in [4.69, 9.17) is 10.5 Å². The molecule has 2 atom stereocenters. The second-order valence-electron chi connectivity index (χ2n) is 5.27. The minimum absolute atomic E-state index is 0.235. The van der Waals surface area contributed by atoms with E-state index in [2.05, 4.69) is 23.0 Å². The highest BCUT2D eigenvalue weighted by molar-refractivity contribution is 5.42. The van der Waals surface area contributed by atoms with Gasteiger partial charge in [0.15, 0.2) is 0 Å². The molecule has 0 aliphatic carbocycles. The number of ether oxygens (including phenoxy) is 1. The van der Waals surface area contributed by atoms with Gasteiger partial charge in [0.05, 0.1) is 12.6 Å². The maximum atomic E-state index is 5.87. The zero-order valence-corrected chi connectivity index (χ0v) is 12.2. The van der Waals surface area contributed by atoms with Crippen LogP contribution < -0.4 is 21.3 Å². The maximum Gasteiger partial charge on any atom is 0.124 e. The van der Waals surface area contributed by atoms with Crippen LogP contribution in [0.3, 0.4) is 0 Å². The SMILES string of the molecule is CCOc1ccccc1C1CC(c2cccc(N)c2)NN1. The van der Waals surface area contributed by atoms with Crippen LogP contribution >= 0.6 is 0 Å². The van der Waals surface area contributed by atoms with Crippen LogP contribution in [0.25, 0.3) is 0 Å². The standard InChI is InChI=1S/C17H21N3O/c1-2-21-17-9-4-3-8-14(17)16-11-15(19-20-16)12-6-5-7-13(18)10-12/h3-10,15-16,19-20H,2,11,18H2,1H3. The van der Waals surface area contributed by atoms with E-state index in [1.807, 2.05) is 43.3 Å². The summed E-state index contributed by atoms with van der Waals surface area (Å²) in [4.78, 5) is 0. The summed E-state index contributed by atoms with van der Waals surface area (Å²) in [6, 6.07) is 16.7. The van der Waals surface area contributed by atoms with Gasteiger partial charge in [-0.3, -0.25) is 0 Å². The first-order valence-corrected chi connectivity index (χ1v) is 7.36. The van der Waals surface area contributed by atoms with Gasteiger partial charge in [-0.25, -0.2) is 10.9 Å². The fraction of sp³-hybridized carbons (Fsp3) is 0.294. The zero-order chi connectivity index (χ0) is 14.7. The number of nitrogen functional groups attached to an aromatic ring is 1. The van der Waals surface area contributed by atoms with Gasteiger partial charge in [0.1, 0.15) is 5.75 Å². The molecule has 0 radical (unpaired) electrons. The summed E-state index contributed by atoms with van der Waals surface area (Å²) >= 11 is 0. The van der Waals surface area contributed by atoms with E-state index in [1.54, 1.807) is 0 Å². The smallest absolute Gasteiger partial charge is 0.124 e. The van der Waals surface area contributed by atoms with Crippen molar-refractivity contribution in [2.45, 2.75) is 25.4 Å². The molecule has 1 fully saturated rings. The van der Waals surface area contributed by atoms with Crippen molar-refractivity contribution < 1.29 is 4.74 Å². The van der Waals surface area contributed by atoms with Crippen molar-refractivity contribution in [2.75, 3.05) is 12.3 Å². The van der Waals surface area contributed by atoms with Crippen molar-refractivity contribution in [3.63, 3.8) is 0 Å². The second-order valence-corrected chi connectivity index (χ2v) is 5.27. The third kappa shape index (κ3) is 3.01. The van der Waals surface area contributed by atoms with E-state index in [-0.39, 0.29) is 12.1 Å². The first-order chi connectivity index (χ1) is 10.3. The molecule has 110 valence electrons. The summed E-state index contributed by atoms with van der Waals surface area (Å²) in [5.41, 5.74) is 15.8. The molecule has 1 heterocycles. The Morgan fingerprint density at radius 1 is 1.10 bits per heavy atom. The number of hydrazine groups is 1. The Kier molecular flexibility index (Phi) is 4.08. The molecule has 1 aliphatic heterocycles. The summed E-state index contributed by atoms with van der Waals surface area (Å²) in [6.45, 7) is 2.68. The Balaban J connectivity index is 1.78. The minimum Gasteiger partial charge on any atom is -0.494 e. The van der Waals surface area contributed by atoms with Gasteiger partial charge >= 0.3 is 0 Å². The van der Waals surface area contributed by atoms with Crippen LogP contribution in [0.15, 0.2) is 48.5 Å². The van der Waals surface area contributed by atoms with Crippen LogP contribution in [-0.4, -0.2) is 6.61 Å². The van der Waals surface area contributed by atoms with E-state index in [0.29, 0.717) is 6.61 Å². The van der Waals surface area contributed by atoms with Crippen LogP contribution in [0.5, 0.6) is 5.75 Å². The van der Waals surface area contributed by atoms with Crippen LogP contribution in [0.2, 0.25) is 0 Å². The van der Waals surface area contributed by atoms with Gasteiger partial charge in [-0.15, -0.1) is 0 Å². The summed E-state index contributed by atoms with van der Waals surface area (Å²) in [5, 5.41) is 0. The second kappa shape index (κ2) is 6.16. The average molecular weight is 283 g/mol. The molecular formula is C17H21N3O. The summed E-state index contributed by atoms with van der Waals surface area (Å²) in [5.74, 6) is 0.951. The molecule has 1 saturated heterocycles. The Morgan fingerprint density at radius 3 is 2.71 bits per heavy atom. The lowest BCUT2D eigenvalue weighted by molar-refractivity contribution is 0.332. The van der Waals surface area contributed by atoms with Gasteiger partial charge in [-0.2, -0.15) is 0 Å². The van der Waals surface area contributed by atoms with Crippen molar-refractivity contribution in [2.24, 2.45) is 0 Å². The molecule has 4 nitrogen and oxygen atoms in total. The van der Waals surface area contributed by atoms with Gasteiger partial charge in [-0.05, 0) is 37.1 Å². The quantitative estimate of drug-likeness (QED) is 0.755. The van der Waals surface area contributed by atoms with Crippen molar-refractivity contribution in [1.82, 2.24) is 10.9 Å². The molecule has 21 heavy (non-hydrogen) atoms. The lowest BCUT2D eigenvalue weighted by Crippen LogP contribution is -2.26. The van der Waals surface area contributed by atoms with Gasteiger partial charge in [0, 0.05) is 17.3 Å².